The van der Waals surface area contributed by atoms with E-state index in [-0.39, 0.29) is 5.91 Å². The predicted molar refractivity (Wildman–Crippen MR) is 68.2 cm³/mol. The summed E-state index contributed by atoms with van der Waals surface area (Å²) in [7, 11) is 0. The van der Waals surface area contributed by atoms with Crippen LogP contribution < -0.4 is 16.0 Å². The van der Waals surface area contributed by atoms with Crippen LogP contribution >= 0.6 is 0 Å². The summed E-state index contributed by atoms with van der Waals surface area (Å²) in [4.78, 5) is 22.7. The van der Waals surface area contributed by atoms with Crippen LogP contribution in [0.3, 0.4) is 0 Å². The third kappa shape index (κ3) is 6.56. The van der Waals surface area contributed by atoms with Gasteiger partial charge in [-0.05, 0) is 32.6 Å². The number of carbonyl (C=O) groups is 2. The van der Waals surface area contributed by atoms with E-state index in [1.165, 1.54) is 12.8 Å². The summed E-state index contributed by atoms with van der Waals surface area (Å²) >= 11 is 0. The fourth-order valence-corrected chi connectivity index (χ4v) is 1.40. The first-order valence-electron chi connectivity index (χ1n) is 6.53. The summed E-state index contributed by atoms with van der Waals surface area (Å²) in [5.74, 6) is 0.423. The first kappa shape index (κ1) is 14.9. The minimum absolute atomic E-state index is 0.330. The van der Waals surface area contributed by atoms with Crippen LogP contribution in [-0.4, -0.2) is 44.3 Å². The van der Waals surface area contributed by atoms with Crippen molar-refractivity contribution in [3.8, 4) is 0 Å². The molecule has 1 unspecified atom stereocenters. The maximum absolute atomic E-state index is 11.5. The van der Waals surface area contributed by atoms with Crippen molar-refractivity contribution >= 4 is 11.9 Å². The van der Waals surface area contributed by atoms with Crippen molar-refractivity contribution in [2.24, 2.45) is 5.92 Å². The molecule has 6 nitrogen and oxygen atoms in total. The molecule has 0 aromatic rings. The molecule has 3 N–H and O–H groups in total. The van der Waals surface area contributed by atoms with Crippen LogP contribution in [0.1, 0.15) is 26.7 Å². The standard InChI is InChI=1S/C12H23N3O3/c1-3-13-12(17)15-11(16)9(2)14-6-7-18-8-10-4-5-10/h9-10,14H,3-8H2,1-2H3,(H2,13,15,16,17). The van der Waals surface area contributed by atoms with Crippen molar-refractivity contribution in [1.82, 2.24) is 16.0 Å². The summed E-state index contributed by atoms with van der Waals surface area (Å²) < 4.78 is 5.43. The molecule has 1 atom stereocenters. The molecule has 1 aliphatic carbocycles. The second-order valence-corrected chi connectivity index (χ2v) is 4.54. The van der Waals surface area contributed by atoms with Gasteiger partial charge in [-0.1, -0.05) is 0 Å². The number of amides is 3. The normalized spacial score (nSPS) is 16.1. The first-order valence-corrected chi connectivity index (χ1v) is 6.53. The molecular formula is C12H23N3O3. The third-order valence-electron chi connectivity index (χ3n) is 2.71. The number of imide groups is 1. The molecule has 0 aliphatic heterocycles. The zero-order chi connectivity index (χ0) is 13.4. The van der Waals surface area contributed by atoms with E-state index in [9.17, 15) is 9.59 Å². The molecule has 1 saturated carbocycles. The molecule has 3 amide bonds. The van der Waals surface area contributed by atoms with Gasteiger partial charge in [-0.15, -0.1) is 0 Å². The molecule has 1 aliphatic rings. The lowest BCUT2D eigenvalue weighted by Gasteiger charge is -2.13. The van der Waals surface area contributed by atoms with Crippen LogP contribution in [0.2, 0.25) is 0 Å². The second-order valence-electron chi connectivity index (χ2n) is 4.54. The minimum atomic E-state index is -0.457. The van der Waals surface area contributed by atoms with E-state index >= 15 is 0 Å². The lowest BCUT2D eigenvalue weighted by molar-refractivity contribution is -0.121. The molecular weight excluding hydrogens is 234 g/mol. The van der Waals surface area contributed by atoms with E-state index in [4.69, 9.17) is 4.74 Å². The van der Waals surface area contributed by atoms with Crippen LogP contribution in [0.5, 0.6) is 0 Å². The lowest BCUT2D eigenvalue weighted by atomic mass is 10.3. The summed E-state index contributed by atoms with van der Waals surface area (Å²) in [6.07, 6.45) is 2.55. The topological polar surface area (TPSA) is 79.5 Å². The molecule has 0 heterocycles. The molecule has 104 valence electrons. The molecule has 18 heavy (non-hydrogen) atoms. The Morgan fingerprint density at radius 3 is 2.72 bits per heavy atom. The quantitative estimate of drug-likeness (QED) is 0.544. The summed E-state index contributed by atoms with van der Waals surface area (Å²) in [5.41, 5.74) is 0. The highest BCUT2D eigenvalue weighted by Gasteiger charge is 2.21. The van der Waals surface area contributed by atoms with Gasteiger partial charge in [-0.3, -0.25) is 10.1 Å². The van der Waals surface area contributed by atoms with Crippen LogP contribution in [0.4, 0.5) is 4.79 Å². The van der Waals surface area contributed by atoms with E-state index in [2.05, 4.69) is 16.0 Å². The maximum atomic E-state index is 11.5. The largest absolute Gasteiger partial charge is 0.380 e. The van der Waals surface area contributed by atoms with E-state index in [1.807, 2.05) is 0 Å². The minimum Gasteiger partial charge on any atom is -0.380 e. The van der Waals surface area contributed by atoms with Gasteiger partial charge >= 0.3 is 6.03 Å². The van der Waals surface area contributed by atoms with E-state index in [0.717, 1.165) is 12.5 Å². The summed E-state index contributed by atoms with van der Waals surface area (Å²) in [6.45, 7) is 6.03. The highest BCUT2D eigenvalue weighted by atomic mass is 16.5. The Bertz CT molecular complexity index is 280. The Morgan fingerprint density at radius 1 is 1.39 bits per heavy atom. The van der Waals surface area contributed by atoms with Gasteiger partial charge < -0.3 is 15.4 Å². The molecule has 0 aromatic carbocycles. The molecule has 1 rings (SSSR count). The van der Waals surface area contributed by atoms with Gasteiger partial charge in [0, 0.05) is 19.7 Å². The average Bonchev–Trinajstić information content (AvgIpc) is 3.12. The molecule has 1 fully saturated rings. The Morgan fingerprint density at radius 2 is 2.11 bits per heavy atom. The number of ether oxygens (including phenoxy) is 1. The Kier molecular flexibility index (Phi) is 6.67. The fourth-order valence-electron chi connectivity index (χ4n) is 1.40. The van der Waals surface area contributed by atoms with E-state index in [0.29, 0.717) is 19.7 Å². The van der Waals surface area contributed by atoms with Crippen molar-refractivity contribution < 1.29 is 14.3 Å². The zero-order valence-electron chi connectivity index (χ0n) is 11.1. The maximum Gasteiger partial charge on any atom is 0.321 e. The second kappa shape index (κ2) is 8.05. The Hall–Kier alpha value is -1.14. The predicted octanol–water partition coefficient (Wildman–Crippen LogP) is 0.237. The molecule has 0 saturated heterocycles. The first-order chi connectivity index (χ1) is 8.63. The van der Waals surface area contributed by atoms with Crippen LogP contribution in [-0.2, 0) is 9.53 Å². The van der Waals surface area contributed by atoms with Crippen molar-refractivity contribution in [3.63, 3.8) is 0 Å². The van der Waals surface area contributed by atoms with Crippen LogP contribution in [0.25, 0.3) is 0 Å². The van der Waals surface area contributed by atoms with Gasteiger partial charge in [0.05, 0.1) is 12.6 Å². The fraction of sp³-hybridized carbons (Fsp3) is 0.833. The molecule has 0 aromatic heterocycles. The average molecular weight is 257 g/mol. The van der Waals surface area contributed by atoms with Gasteiger partial charge in [0.1, 0.15) is 0 Å². The summed E-state index contributed by atoms with van der Waals surface area (Å²) in [5, 5.41) is 7.77. The van der Waals surface area contributed by atoms with E-state index < -0.39 is 12.1 Å². The molecule has 0 bridgehead atoms. The smallest absolute Gasteiger partial charge is 0.321 e. The zero-order valence-corrected chi connectivity index (χ0v) is 11.1. The van der Waals surface area contributed by atoms with Crippen molar-refractivity contribution in [3.05, 3.63) is 0 Å². The Labute approximate surface area is 108 Å². The van der Waals surface area contributed by atoms with Gasteiger partial charge in [0.2, 0.25) is 5.91 Å². The van der Waals surface area contributed by atoms with Crippen molar-refractivity contribution in [1.29, 1.82) is 0 Å². The monoisotopic (exact) mass is 257 g/mol. The third-order valence-corrected chi connectivity index (χ3v) is 2.71. The Balaban J connectivity index is 2.01. The lowest BCUT2D eigenvalue weighted by Crippen LogP contribution is -2.48. The summed E-state index contributed by atoms with van der Waals surface area (Å²) in [6, 6.07) is -0.863. The number of hydrogen-bond donors (Lipinski definition) is 3. The molecule has 6 heteroatoms. The SMILES string of the molecule is CCNC(=O)NC(=O)C(C)NCCOCC1CC1. The number of urea groups is 1. The number of nitrogens with one attached hydrogen (secondary N) is 3. The number of hydrogen-bond acceptors (Lipinski definition) is 4. The van der Waals surface area contributed by atoms with Crippen molar-refractivity contribution in [2.45, 2.75) is 32.7 Å². The number of carbonyl (C=O) groups excluding carboxylic acids is 2. The molecule has 0 spiro atoms. The number of rotatable bonds is 8. The highest BCUT2D eigenvalue weighted by Crippen LogP contribution is 2.28. The highest BCUT2D eigenvalue weighted by molar-refractivity contribution is 5.96. The van der Waals surface area contributed by atoms with Gasteiger partial charge in [-0.2, -0.15) is 0 Å². The van der Waals surface area contributed by atoms with Gasteiger partial charge in [0.15, 0.2) is 0 Å². The van der Waals surface area contributed by atoms with Crippen LogP contribution in [0, 0.1) is 5.92 Å². The van der Waals surface area contributed by atoms with E-state index in [1.54, 1.807) is 13.8 Å². The van der Waals surface area contributed by atoms with Crippen LogP contribution in [0.15, 0.2) is 0 Å². The van der Waals surface area contributed by atoms with Crippen molar-refractivity contribution in [2.75, 3.05) is 26.3 Å². The van der Waals surface area contributed by atoms with Gasteiger partial charge in [-0.25, -0.2) is 4.79 Å². The van der Waals surface area contributed by atoms with Gasteiger partial charge in [0.25, 0.3) is 0 Å². The molecule has 0 radical (unpaired) electrons.